The van der Waals surface area contributed by atoms with E-state index < -0.39 is 0 Å². The maximum absolute atomic E-state index is 3.72. The number of rotatable bonds is 4. The van der Waals surface area contributed by atoms with Gasteiger partial charge in [-0.25, -0.2) is 0 Å². The first kappa shape index (κ1) is 17.9. The van der Waals surface area contributed by atoms with Gasteiger partial charge in [0.05, 0.1) is 0 Å². The van der Waals surface area contributed by atoms with Gasteiger partial charge in [0.25, 0.3) is 0 Å². The van der Waals surface area contributed by atoms with E-state index in [1.54, 1.807) is 0 Å². The average molecular weight is 284 g/mol. The summed E-state index contributed by atoms with van der Waals surface area (Å²) in [4.78, 5) is 0. The van der Waals surface area contributed by atoms with Crippen LogP contribution in [0.4, 0.5) is 0 Å². The zero-order chi connectivity index (χ0) is 14.8. The molecule has 0 spiro atoms. The van der Waals surface area contributed by atoms with E-state index in [0.717, 1.165) is 26.2 Å². The Hall–Kier alpha value is -0.160. The third-order valence-corrected chi connectivity index (χ3v) is 4.58. The smallest absolute Gasteiger partial charge is 0.0190 e. The Morgan fingerprint density at radius 3 is 0.850 bits per heavy atom. The minimum atomic E-state index is 0.585. The van der Waals surface area contributed by atoms with Crippen molar-refractivity contribution in [2.45, 2.75) is 77.5 Å². The molecule has 0 aromatic carbocycles. The largest absolute Gasteiger partial charge is 0.311 e. The number of hydrogen-bond donors (Lipinski definition) is 4. The lowest BCUT2D eigenvalue weighted by Crippen LogP contribution is -2.53. The van der Waals surface area contributed by atoms with Crippen molar-refractivity contribution in [2.75, 3.05) is 26.2 Å². The van der Waals surface area contributed by atoms with Crippen molar-refractivity contribution in [3.63, 3.8) is 0 Å². The number of hydrogen-bond acceptors (Lipinski definition) is 4. The summed E-state index contributed by atoms with van der Waals surface area (Å²) < 4.78 is 0. The molecule has 4 atom stereocenters. The molecule has 1 fully saturated rings. The summed E-state index contributed by atoms with van der Waals surface area (Å²) in [7, 11) is 0. The Bertz CT molecular complexity index is 171. The van der Waals surface area contributed by atoms with Gasteiger partial charge in [-0.3, -0.25) is 0 Å². The third-order valence-electron chi connectivity index (χ3n) is 4.58. The van der Waals surface area contributed by atoms with Gasteiger partial charge in [-0.1, -0.05) is 27.7 Å². The van der Waals surface area contributed by atoms with Gasteiger partial charge in [-0.2, -0.15) is 0 Å². The Kier molecular flexibility index (Phi) is 9.44. The summed E-state index contributed by atoms with van der Waals surface area (Å²) in [5.74, 6) is 0. The summed E-state index contributed by atoms with van der Waals surface area (Å²) in [6.45, 7) is 13.4. The molecule has 1 saturated heterocycles. The predicted molar refractivity (Wildman–Crippen MR) is 88.3 cm³/mol. The van der Waals surface area contributed by atoms with Crippen molar-refractivity contribution in [2.24, 2.45) is 0 Å². The van der Waals surface area contributed by atoms with Crippen molar-refractivity contribution in [1.29, 1.82) is 0 Å². The zero-order valence-electron chi connectivity index (χ0n) is 14.0. The molecule has 0 aromatic heterocycles. The second-order valence-electron chi connectivity index (χ2n) is 6.05. The van der Waals surface area contributed by atoms with Gasteiger partial charge in [-0.15, -0.1) is 0 Å². The molecule has 0 radical (unpaired) electrons. The van der Waals surface area contributed by atoms with Crippen LogP contribution in [0.5, 0.6) is 0 Å². The number of nitrogens with one attached hydrogen (secondary N) is 4. The molecule has 4 N–H and O–H groups in total. The normalized spacial score (nSPS) is 34.2. The topological polar surface area (TPSA) is 48.1 Å². The molecular formula is C16H36N4. The van der Waals surface area contributed by atoms with E-state index in [1.807, 2.05) is 0 Å². The first-order valence-corrected chi connectivity index (χ1v) is 8.66. The molecule has 0 aromatic rings. The Balaban J connectivity index is 2.58. The fourth-order valence-electron chi connectivity index (χ4n) is 2.68. The molecule has 20 heavy (non-hydrogen) atoms. The Morgan fingerprint density at radius 1 is 0.500 bits per heavy atom. The second kappa shape index (κ2) is 10.6. The standard InChI is InChI=1S/C16H36N4/c1-5-13-9-18-15(7-3)11-20-16(8-4)12-19-14(6-2)10-17-13/h13-20H,5-12H2,1-4H3/t13-,14-,15-,16-/m0/s1. The van der Waals surface area contributed by atoms with Gasteiger partial charge >= 0.3 is 0 Å². The van der Waals surface area contributed by atoms with Crippen LogP contribution in [0.2, 0.25) is 0 Å². The van der Waals surface area contributed by atoms with Crippen molar-refractivity contribution >= 4 is 0 Å². The molecule has 0 bridgehead atoms. The van der Waals surface area contributed by atoms with Crippen molar-refractivity contribution in [1.82, 2.24) is 21.3 Å². The molecule has 1 rings (SSSR count). The van der Waals surface area contributed by atoms with Crippen LogP contribution in [-0.2, 0) is 0 Å². The monoisotopic (exact) mass is 284 g/mol. The minimum absolute atomic E-state index is 0.585. The molecule has 4 heteroatoms. The fraction of sp³-hybridized carbons (Fsp3) is 1.00. The van der Waals surface area contributed by atoms with E-state index >= 15 is 0 Å². The molecule has 120 valence electrons. The van der Waals surface area contributed by atoms with Crippen LogP contribution in [0.15, 0.2) is 0 Å². The summed E-state index contributed by atoms with van der Waals surface area (Å²) in [6, 6.07) is 2.34. The van der Waals surface area contributed by atoms with Crippen LogP contribution in [0.1, 0.15) is 53.4 Å². The van der Waals surface area contributed by atoms with Gasteiger partial charge in [-0.05, 0) is 25.7 Å². The summed E-state index contributed by atoms with van der Waals surface area (Å²) in [5.41, 5.74) is 0. The lowest BCUT2D eigenvalue weighted by Gasteiger charge is -2.29. The molecule has 0 aliphatic carbocycles. The molecule has 0 unspecified atom stereocenters. The summed E-state index contributed by atoms with van der Waals surface area (Å²) in [5, 5.41) is 14.9. The summed E-state index contributed by atoms with van der Waals surface area (Å²) in [6.07, 6.45) is 4.74. The minimum Gasteiger partial charge on any atom is -0.311 e. The lowest BCUT2D eigenvalue weighted by molar-refractivity contribution is 0.334. The van der Waals surface area contributed by atoms with Gasteiger partial charge in [0.2, 0.25) is 0 Å². The summed E-state index contributed by atoms with van der Waals surface area (Å²) >= 11 is 0. The average Bonchev–Trinajstić information content (AvgIpc) is 2.48. The molecule has 0 saturated carbocycles. The maximum atomic E-state index is 3.72. The van der Waals surface area contributed by atoms with Crippen LogP contribution in [0.3, 0.4) is 0 Å². The first-order chi connectivity index (χ1) is 9.73. The van der Waals surface area contributed by atoms with Crippen LogP contribution in [-0.4, -0.2) is 50.3 Å². The highest BCUT2D eigenvalue weighted by molar-refractivity contribution is 4.81. The van der Waals surface area contributed by atoms with E-state index in [0.29, 0.717) is 24.2 Å². The van der Waals surface area contributed by atoms with E-state index in [2.05, 4.69) is 49.0 Å². The van der Waals surface area contributed by atoms with Crippen molar-refractivity contribution in [3.05, 3.63) is 0 Å². The highest BCUT2D eigenvalue weighted by Gasteiger charge is 2.16. The van der Waals surface area contributed by atoms with Crippen molar-refractivity contribution < 1.29 is 0 Å². The molecule has 1 heterocycles. The van der Waals surface area contributed by atoms with Gasteiger partial charge < -0.3 is 21.3 Å². The Morgan fingerprint density at radius 2 is 0.700 bits per heavy atom. The van der Waals surface area contributed by atoms with Crippen LogP contribution in [0.25, 0.3) is 0 Å². The van der Waals surface area contributed by atoms with E-state index in [-0.39, 0.29) is 0 Å². The molecule has 0 amide bonds. The quantitative estimate of drug-likeness (QED) is 0.631. The molecular weight excluding hydrogens is 248 g/mol. The van der Waals surface area contributed by atoms with E-state index in [9.17, 15) is 0 Å². The van der Waals surface area contributed by atoms with Crippen LogP contribution in [0, 0.1) is 0 Å². The van der Waals surface area contributed by atoms with E-state index in [4.69, 9.17) is 0 Å². The zero-order valence-corrected chi connectivity index (χ0v) is 14.0. The van der Waals surface area contributed by atoms with E-state index in [1.165, 1.54) is 25.7 Å². The van der Waals surface area contributed by atoms with Gasteiger partial charge in [0.1, 0.15) is 0 Å². The lowest BCUT2D eigenvalue weighted by atomic mass is 10.1. The SMILES string of the molecule is CC[C@H]1CN[C@@H](CC)CN[C@@H](CC)CN[C@@H](CC)CN1. The van der Waals surface area contributed by atoms with Gasteiger partial charge in [0, 0.05) is 50.3 Å². The second-order valence-corrected chi connectivity index (χ2v) is 6.05. The molecule has 1 aliphatic heterocycles. The van der Waals surface area contributed by atoms with Gasteiger partial charge in [0.15, 0.2) is 0 Å². The highest BCUT2D eigenvalue weighted by Crippen LogP contribution is 2.00. The fourth-order valence-corrected chi connectivity index (χ4v) is 2.68. The Labute approximate surface area is 125 Å². The van der Waals surface area contributed by atoms with Crippen molar-refractivity contribution in [3.8, 4) is 0 Å². The first-order valence-electron chi connectivity index (χ1n) is 8.66. The molecule has 1 aliphatic rings. The molecule has 4 nitrogen and oxygen atoms in total. The predicted octanol–water partition coefficient (Wildman–Crippen LogP) is 1.47. The maximum Gasteiger partial charge on any atom is 0.0190 e. The highest BCUT2D eigenvalue weighted by atomic mass is 15.1. The van der Waals surface area contributed by atoms with Crippen LogP contribution >= 0.6 is 0 Å². The van der Waals surface area contributed by atoms with Crippen LogP contribution < -0.4 is 21.3 Å². The third kappa shape index (κ3) is 6.53.